The highest BCUT2D eigenvalue weighted by atomic mass is 35.5. The van der Waals surface area contributed by atoms with Crippen molar-refractivity contribution >= 4 is 23.2 Å². The first kappa shape index (κ1) is 18.4. The number of nitrogens with zero attached hydrogens (tertiary/aromatic N) is 2. The van der Waals surface area contributed by atoms with Crippen LogP contribution in [0.4, 0.5) is 0 Å². The molecular weight excluding hydrogens is 375 g/mol. The van der Waals surface area contributed by atoms with Crippen molar-refractivity contribution in [3.63, 3.8) is 0 Å². The number of benzene rings is 2. The Morgan fingerprint density at radius 2 is 1.54 bits per heavy atom. The van der Waals surface area contributed by atoms with Gasteiger partial charge in [0.2, 0.25) is 5.88 Å². The van der Waals surface area contributed by atoms with Crippen LogP contribution in [-0.4, -0.2) is 14.9 Å². The van der Waals surface area contributed by atoms with Crippen molar-refractivity contribution in [1.82, 2.24) is 9.78 Å². The first-order chi connectivity index (χ1) is 12.4. The molecule has 0 aliphatic rings. The van der Waals surface area contributed by atoms with Gasteiger partial charge in [0.15, 0.2) is 5.75 Å². The Bertz CT molecular complexity index is 914. The van der Waals surface area contributed by atoms with Gasteiger partial charge in [0.05, 0.1) is 15.7 Å². The maximum atomic E-state index is 9.59. The Morgan fingerprint density at radius 3 is 2.04 bits per heavy atom. The van der Waals surface area contributed by atoms with Gasteiger partial charge in [-0.1, -0.05) is 30.1 Å². The molecule has 5 nitrogen and oxygen atoms in total. The summed E-state index contributed by atoms with van der Waals surface area (Å²) in [5.74, 6) is 2.25. The van der Waals surface area contributed by atoms with Gasteiger partial charge < -0.3 is 14.6 Å². The number of phenols is 1. The monoisotopic (exact) mass is 392 g/mol. The van der Waals surface area contributed by atoms with Crippen LogP contribution in [0.1, 0.15) is 18.2 Å². The van der Waals surface area contributed by atoms with Crippen LogP contribution < -0.4 is 9.47 Å². The predicted octanol–water partition coefficient (Wildman–Crippen LogP) is 5.89. The Labute approximate surface area is 161 Å². The average molecular weight is 393 g/mol. The Hall–Kier alpha value is -2.37. The summed E-state index contributed by atoms with van der Waals surface area (Å²) < 4.78 is 13.4. The van der Waals surface area contributed by atoms with Crippen molar-refractivity contribution in [3.05, 3.63) is 57.7 Å². The van der Waals surface area contributed by atoms with E-state index in [9.17, 15) is 5.11 Å². The van der Waals surface area contributed by atoms with E-state index in [1.165, 1.54) is 12.1 Å². The molecule has 0 aliphatic carbocycles. The summed E-state index contributed by atoms with van der Waals surface area (Å²) in [6.45, 7) is 4.06. The van der Waals surface area contributed by atoms with Crippen LogP contribution in [0.3, 0.4) is 0 Å². The van der Waals surface area contributed by atoms with Crippen molar-refractivity contribution in [2.24, 2.45) is 7.05 Å². The molecule has 0 saturated carbocycles. The third-order valence-electron chi connectivity index (χ3n) is 3.92. The van der Waals surface area contributed by atoms with Crippen molar-refractivity contribution < 1.29 is 14.6 Å². The molecule has 1 heterocycles. The topological polar surface area (TPSA) is 56.5 Å². The largest absolute Gasteiger partial charge is 0.505 e. The highest BCUT2D eigenvalue weighted by molar-refractivity contribution is 6.37. The molecule has 3 rings (SSSR count). The Balaban J connectivity index is 1.76. The lowest BCUT2D eigenvalue weighted by Gasteiger charge is -2.10. The summed E-state index contributed by atoms with van der Waals surface area (Å²) in [5.41, 5.74) is 2.05. The molecule has 0 spiro atoms. The number of phenolic OH excluding ortho intramolecular Hbond substituents is 1. The minimum Gasteiger partial charge on any atom is -0.505 e. The average Bonchev–Trinajstić information content (AvgIpc) is 2.88. The van der Waals surface area contributed by atoms with Gasteiger partial charge in [-0.15, -0.1) is 0 Å². The van der Waals surface area contributed by atoms with E-state index in [1.54, 1.807) is 28.9 Å². The van der Waals surface area contributed by atoms with E-state index in [4.69, 9.17) is 32.7 Å². The number of aromatic hydroxyl groups is 1. The lowest BCUT2D eigenvalue weighted by atomic mass is 10.2. The molecule has 0 aliphatic heterocycles. The molecule has 1 N–H and O–H groups in total. The molecule has 1 aromatic heterocycles. The van der Waals surface area contributed by atoms with Crippen LogP contribution >= 0.6 is 23.2 Å². The van der Waals surface area contributed by atoms with Crippen molar-refractivity contribution in [1.29, 1.82) is 0 Å². The maximum absolute atomic E-state index is 9.59. The molecule has 26 heavy (non-hydrogen) atoms. The summed E-state index contributed by atoms with van der Waals surface area (Å²) in [7, 11) is 1.86. The van der Waals surface area contributed by atoms with Crippen molar-refractivity contribution in [2.45, 2.75) is 20.3 Å². The van der Waals surface area contributed by atoms with Crippen LogP contribution in [0.25, 0.3) is 0 Å². The van der Waals surface area contributed by atoms with Crippen molar-refractivity contribution in [3.8, 4) is 28.9 Å². The fourth-order valence-corrected chi connectivity index (χ4v) is 3.04. The third kappa shape index (κ3) is 3.74. The fraction of sp³-hybridized carbons (Fsp3) is 0.211. The highest BCUT2D eigenvalue weighted by Gasteiger charge is 2.13. The van der Waals surface area contributed by atoms with E-state index < -0.39 is 0 Å². The Kier molecular flexibility index (Phi) is 5.30. The van der Waals surface area contributed by atoms with E-state index >= 15 is 0 Å². The molecule has 0 amide bonds. The second-order valence-electron chi connectivity index (χ2n) is 5.77. The minimum atomic E-state index is -0.164. The van der Waals surface area contributed by atoms with Gasteiger partial charge in [0.25, 0.3) is 0 Å². The number of aryl methyl sites for hydroxylation is 2. The molecule has 3 aromatic rings. The maximum Gasteiger partial charge on any atom is 0.220 e. The number of halogens is 2. The normalized spacial score (nSPS) is 10.8. The molecule has 2 aromatic carbocycles. The zero-order chi connectivity index (χ0) is 18.8. The van der Waals surface area contributed by atoms with E-state index in [-0.39, 0.29) is 15.8 Å². The predicted molar refractivity (Wildman–Crippen MR) is 102 cm³/mol. The molecule has 136 valence electrons. The summed E-state index contributed by atoms with van der Waals surface area (Å²) >= 11 is 11.8. The summed E-state index contributed by atoms with van der Waals surface area (Å²) in [5, 5.41) is 14.3. The minimum absolute atomic E-state index is 0.130. The zero-order valence-electron chi connectivity index (χ0n) is 14.6. The Morgan fingerprint density at radius 1 is 1.00 bits per heavy atom. The number of aromatic nitrogens is 2. The van der Waals surface area contributed by atoms with Crippen LogP contribution in [-0.2, 0) is 13.5 Å². The van der Waals surface area contributed by atoms with Crippen molar-refractivity contribution in [2.75, 3.05) is 0 Å². The van der Waals surface area contributed by atoms with Gasteiger partial charge in [-0.2, -0.15) is 5.10 Å². The molecule has 0 unspecified atom stereocenters. The number of hydrogen-bond donors (Lipinski definition) is 1. The second-order valence-corrected chi connectivity index (χ2v) is 6.58. The van der Waals surface area contributed by atoms with E-state index in [2.05, 4.69) is 12.0 Å². The van der Waals surface area contributed by atoms with Gasteiger partial charge in [-0.3, -0.25) is 0 Å². The molecule has 7 heteroatoms. The van der Waals surface area contributed by atoms with Crippen LogP contribution in [0, 0.1) is 6.92 Å². The smallest absolute Gasteiger partial charge is 0.220 e. The molecular formula is C19H18Cl2N2O3. The molecule has 0 radical (unpaired) electrons. The van der Waals surface area contributed by atoms with Gasteiger partial charge in [-0.25, -0.2) is 4.68 Å². The van der Waals surface area contributed by atoms with Crippen LogP contribution in [0.15, 0.2) is 36.4 Å². The quantitative estimate of drug-likeness (QED) is 0.588. The van der Waals surface area contributed by atoms with Crippen LogP contribution in [0.5, 0.6) is 28.9 Å². The van der Waals surface area contributed by atoms with E-state index in [1.807, 2.05) is 14.0 Å². The highest BCUT2D eigenvalue weighted by Crippen LogP contribution is 2.37. The molecule has 0 bridgehead atoms. The lowest BCUT2D eigenvalue weighted by Crippen LogP contribution is -1.96. The van der Waals surface area contributed by atoms with Gasteiger partial charge in [0, 0.05) is 24.7 Å². The molecule has 0 atom stereocenters. The van der Waals surface area contributed by atoms with Gasteiger partial charge >= 0.3 is 0 Å². The first-order valence-corrected chi connectivity index (χ1v) is 8.81. The summed E-state index contributed by atoms with van der Waals surface area (Å²) in [6.07, 6.45) is 0.855. The second kappa shape index (κ2) is 7.48. The van der Waals surface area contributed by atoms with E-state index in [0.29, 0.717) is 23.1 Å². The lowest BCUT2D eigenvalue weighted by molar-refractivity contribution is 0.425. The molecule has 0 fully saturated rings. The molecule has 0 saturated heterocycles. The van der Waals surface area contributed by atoms with Gasteiger partial charge in [0.1, 0.15) is 17.2 Å². The summed E-state index contributed by atoms with van der Waals surface area (Å²) in [6, 6.07) is 10.2. The SMILES string of the molecule is CCc1nn(C)c(Oc2ccc(Oc3cc(Cl)c(O)c(Cl)c3)cc2)c1C. The standard InChI is InChI=1S/C19H18Cl2N2O3/c1-4-17-11(2)19(23(3)22-17)26-13-7-5-12(6-8-13)25-14-9-15(20)18(24)16(21)10-14/h5-10,24H,4H2,1-3H3. The van der Waals surface area contributed by atoms with Crippen LogP contribution in [0.2, 0.25) is 10.0 Å². The van der Waals surface area contributed by atoms with Gasteiger partial charge in [-0.05, 0) is 37.6 Å². The number of rotatable bonds is 5. The summed E-state index contributed by atoms with van der Waals surface area (Å²) in [4.78, 5) is 0. The third-order valence-corrected chi connectivity index (χ3v) is 4.49. The number of ether oxygens (including phenoxy) is 2. The van der Waals surface area contributed by atoms with E-state index in [0.717, 1.165) is 17.7 Å². The first-order valence-electron chi connectivity index (χ1n) is 8.05. The fourth-order valence-electron chi connectivity index (χ4n) is 2.57. The number of hydrogen-bond acceptors (Lipinski definition) is 4. The zero-order valence-corrected chi connectivity index (χ0v) is 16.1.